The van der Waals surface area contributed by atoms with E-state index in [-0.39, 0.29) is 6.42 Å². The largest absolute Gasteiger partial charge is 0.435 e. The Kier molecular flexibility index (Phi) is 2.78. The van der Waals surface area contributed by atoms with Crippen molar-refractivity contribution in [3.8, 4) is 0 Å². The van der Waals surface area contributed by atoms with E-state index in [0.717, 1.165) is 17.1 Å². The van der Waals surface area contributed by atoms with Crippen molar-refractivity contribution in [1.82, 2.24) is 9.89 Å². The SMILES string of the molecule is CCC(=O)Nn1ccc(C(F)(F)F)n1. The van der Waals surface area contributed by atoms with E-state index in [1.54, 1.807) is 6.92 Å². The van der Waals surface area contributed by atoms with E-state index < -0.39 is 17.8 Å². The Balaban J connectivity index is 2.74. The van der Waals surface area contributed by atoms with Crippen LogP contribution >= 0.6 is 0 Å². The Bertz CT molecular complexity index is 331. The molecule has 0 aromatic carbocycles. The quantitative estimate of drug-likeness (QED) is 0.796. The van der Waals surface area contributed by atoms with Crippen LogP contribution in [0.2, 0.25) is 0 Å². The maximum Gasteiger partial charge on any atom is 0.435 e. The van der Waals surface area contributed by atoms with Gasteiger partial charge in [0.05, 0.1) is 0 Å². The zero-order valence-electron chi connectivity index (χ0n) is 7.30. The number of alkyl halides is 3. The van der Waals surface area contributed by atoms with Crippen molar-refractivity contribution < 1.29 is 18.0 Å². The Hall–Kier alpha value is -1.53. The molecule has 4 nitrogen and oxygen atoms in total. The van der Waals surface area contributed by atoms with Crippen LogP contribution in [0, 0.1) is 0 Å². The molecule has 78 valence electrons. The number of nitrogens with one attached hydrogen (secondary N) is 1. The van der Waals surface area contributed by atoms with Crippen molar-refractivity contribution in [3.63, 3.8) is 0 Å². The zero-order chi connectivity index (χ0) is 10.8. The van der Waals surface area contributed by atoms with E-state index in [1.165, 1.54) is 0 Å². The van der Waals surface area contributed by atoms with Gasteiger partial charge < -0.3 is 0 Å². The first-order valence-corrected chi connectivity index (χ1v) is 3.86. The molecule has 0 aliphatic heterocycles. The second-order valence-corrected chi connectivity index (χ2v) is 2.53. The molecule has 0 unspecified atom stereocenters. The minimum absolute atomic E-state index is 0.182. The summed E-state index contributed by atoms with van der Waals surface area (Å²) in [6.45, 7) is 1.59. The zero-order valence-corrected chi connectivity index (χ0v) is 7.30. The average molecular weight is 207 g/mol. The molecule has 1 aromatic rings. The van der Waals surface area contributed by atoms with Crippen molar-refractivity contribution >= 4 is 5.91 Å². The molecule has 0 spiro atoms. The van der Waals surface area contributed by atoms with E-state index in [4.69, 9.17) is 0 Å². The first kappa shape index (κ1) is 10.6. The van der Waals surface area contributed by atoms with Crippen LogP contribution in [0.4, 0.5) is 13.2 Å². The fraction of sp³-hybridized carbons (Fsp3) is 0.429. The molecular weight excluding hydrogens is 199 g/mol. The van der Waals surface area contributed by atoms with Gasteiger partial charge in [-0.2, -0.15) is 18.0 Å². The predicted octanol–water partition coefficient (Wildman–Crippen LogP) is 1.38. The molecule has 1 amide bonds. The summed E-state index contributed by atoms with van der Waals surface area (Å²) >= 11 is 0. The highest BCUT2D eigenvalue weighted by atomic mass is 19.4. The molecule has 1 N–H and O–H groups in total. The van der Waals surface area contributed by atoms with Crippen LogP contribution in [-0.4, -0.2) is 15.8 Å². The molecule has 0 bridgehead atoms. The smallest absolute Gasteiger partial charge is 0.273 e. The van der Waals surface area contributed by atoms with Gasteiger partial charge in [0.15, 0.2) is 5.69 Å². The third kappa shape index (κ3) is 2.48. The molecular formula is C7H8F3N3O. The highest BCUT2D eigenvalue weighted by molar-refractivity contribution is 5.83. The molecule has 1 rings (SSSR count). The fourth-order valence-corrected chi connectivity index (χ4v) is 0.744. The number of amides is 1. The molecule has 1 aromatic heterocycles. The number of rotatable bonds is 2. The van der Waals surface area contributed by atoms with Crippen molar-refractivity contribution in [3.05, 3.63) is 18.0 Å². The summed E-state index contributed by atoms with van der Waals surface area (Å²) in [6, 6.07) is 0.788. The number of carbonyl (C=O) groups excluding carboxylic acids is 1. The third-order valence-electron chi connectivity index (χ3n) is 1.44. The van der Waals surface area contributed by atoms with Crippen molar-refractivity contribution in [2.45, 2.75) is 19.5 Å². The van der Waals surface area contributed by atoms with Crippen molar-refractivity contribution in [2.24, 2.45) is 0 Å². The van der Waals surface area contributed by atoms with Gasteiger partial charge in [0, 0.05) is 12.6 Å². The van der Waals surface area contributed by atoms with Crippen LogP contribution in [0.15, 0.2) is 12.3 Å². The molecule has 0 aliphatic carbocycles. The topological polar surface area (TPSA) is 46.9 Å². The number of hydrogen-bond donors (Lipinski definition) is 1. The van der Waals surface area contributed by atoms with Crippen molar-refractivity contribution in [2.75, 3.05) is 5.43 Å². The van der Waals surface area contributed by atoms with Crippen LogP contribution in [0.3, 0.4) is 0 Å². The maximum atomic E-state index is 12.0. The lowest BCUT2D eigenvalue weighted by atomic mass is 10.4. The van der Waals surface area contributed by atoms with Gasteiger partial charge in [0.2, 0.25) is 5.91 Å². The Morgan fingerprint density at radius 2 is 2.29 bits per heavy atom. The molecule has 7 heteroatoms. The van der Waals surface area contributed by atoms with Gasteiger partial charge in [-0.3, -0.25) is 4.79 Å². The Labute approximate surface area is 77.7 Å². The highest BCUT2D eigenvalue weighted by Crippen LogP contribution is 2.26. The summed E-state index contributed by atoms with van der Waals surface area (Å²) in [5, 5.41) is 3.13. The minimum atomic E-state index is -4.48. The maximum absolute atomic E-state index is 12.0. The van der Waals surface area contributed by atoms with Crippen LogP contribution in [-0.2, 0) is 11.0 Å². The number of hydrogen-bond acceptors (Lipinski definition) is 2. The van der Waals surface area contributed by atoms with Crippen LogP contribution in [0.25, 0.3) is 0 Å². The Morgan fingerprint density at radius 1 is 1.64 bits per heavy atom. The standard InChI is InChI=1S/C7H8F3N3O/c1-2-6(14)12-13-4-3-5(11-13)7(8,9)10/h3-4H,2H2,1H3,(H,12,14). The normalized spacial score (nSPS) is 11.4. The molecule has 14 heavy (non-hydrogen) atoms. The van der Waals surface area contributed by atoms with E-state index in [1.807, 2.05) is 0 Å². The summed E-state index contributed by atoms with van der Waals surface area (Å²) in [6.07, 6.45) is -3.26. The van der Waals surface area contributed by atoms with Gasteiger partial charge in [-0.05, 0) is 6.07 Å². The summed E-state index contributed by atoms with van der Waals surface area (Å²) in [5.74, 6) is -0.401. The molecule has 0 saturated heterocycles. The first-order valence-electron chi connectivity index (χ1n) is 3.86. The molecule has 1 heterocycles. The molecule has 0 radical (unpaired) electrons. The van der Waals surface area contributed by atoms with Gasteiger partial charge in [-0.15, -0.1) is 5.10 Å². The second kappa shape index (κ2) is 3.69. The number of aromatic nitrogens is 2. The molecule has 0 fully saturated rings. The summed E-state index contributed by atoms with van der Waals surface area (Å²) in [7, 11) is 0. The monoisotopic (exact) mass is 207 g/mol. The number of nitrogens with zero attached hydrogens (tertiary/aromatic N) is 2. The lowest BCUT2D eigenvalue weighted by Crippen LogP contribution is -2.23. The molecule has 0 saturated carbocycles. The Morgan fingerprint density at radius 3 is 2.71 bits per heavy atom. The molecule has 0 atom stereocenters. The second-order valence-electron chi connectivity index (χ2n) is 2.53. The fourth-order valence-electron chi connectivity index (χ4n) is 0.744. The van der Waals surface area contributed by atoms with E-state index >= 15 is 0 Å². The van der Waals surface area contributed by atoms with E-state index in [0.29, 0.717) is 0 Å². The van der Waals surface area contributed by atoms with E-state index in [2.05, 4.69) is 10.5 Å². The number of carbonyl (C=O) groups is 1. The summed E-state index contributed by atoms with van der Waals surface area (Å²) in [4.78, 5) is 11.5. The average Bonchev–Trinajstić information content (AvgIpc) is 2.51. The lowest BCUT2D eigenvalue weighted by Gasteiger charge is -2.03. The van der Waals surface area contributed by atoms with Crippen LogP contribution < -0.4 is 5.43 Å². The summed E-state index contributed by atoms with van der Waals surface area (Å²) in [5.41, 5.74) is 1.12. The lowest BCUT2D eigenvalue weighted by molar-refractivity contribution is -0.141. The summed E-state index contributed by atoms with van der Waals surface area (Å²) < 4.78 is 36.1. The first-order chi connectivity index (χ1) is 6.43. The van der Waals surface area contributed by atoms with Gasteiger partial charge in [0.1, 0.15) is 0 Å². The highest BCUT2D eigenvalue weighted by Gasteiger charge is 2.33. The molecule has 0 aliphatic rings. The number of halogens is 3. The van der Waals surface area contributed by atoms with Gasteiger partial charge in [-0.25, -0.2) is 5.43 Å². The van der Waals surface area contributed by atoms with E-state index in [9.17, 15) is 18.0 Å². The van der Waals surface area contributed by atoms with Crippen LogP contribution in [0.5, 0.6) is 0 Å². The van der Waals surface area contributed by atoms with Gasteiger partial charge >= 0.3 is 6.18 Å². The van der Waals surface area contributed by atoms with Gasteiger partial charge in [0.25, 0.3) is 0 Å². The predicted molar refractivity (Wildman–Crippen MR) is 41.9 cm³/mol. The third-order valence-corrected chi connectivity index (χ3v) is 1.44. The van der Waals surface area contributed by atoms with Crippen molar-refractivity contribution in [1.29, 1.82) is 0 Å². The minimum Gasteiger partial charge on any atom is -0.273 e. The van der Waals surface area contributed by atoms with Gasteiger partial charge in [-0.1, -0.05) is 6.92 Å². The van der Waals surface area contributed by atoms with Crippen LogP contribution in [0.1, 0.15) is 19.0 Å².